The first-order valence-electron chi connectivity index (χ1n) is 7.75. The number of morpholine rings is 1. The molecule has 2 aliphatic rings. The van der Waals surface area contributed by atoms with Crippen LogP contribution in [0.25, 0.3) is 0 Å². The molecular formula is C13H22N4O3S2. The molecule has 124 valence electrons. The van der Waals surface area contributed by atoms with E-state index in [1.165, 1.54) is 11.5 Å². The van der Waals surface area contributed by atoms with Gasteiger partial charge in [0, 0.05) is 44.1 Å². The Morgan fingerprint density at radius 3 is 2.77 bits per heavy atom. The average Bonchev–Trinajstić information content (AvgIpc) is 3.05. The minimum absolute atomic E-state index is 0.353. The molecular weight excluding hydrogens is 324 g/mol. The molecule has 9 heteroatoms. The molecule has 0 aliphatic carbocycles. The van der Waals surface area contributed by atoms with Gasteiger partial charge >= 0.3 is 0 Å². The summed E-state index contributed by atoms with van der Waals surface area (Å²) in [4.78, 5) is 6.56. The number of rotatable bonds is 4. The predicted molar refractivity (Wildman–Crippen MR) is 85.8 cm³/mol. The Morgan fingerprint density at radius 2 is 2.09 bits per heavy atom. The zero-order chi connectivity index (χ0) is 15.6. The summed E-state index contributed by atoms with van der Waals surface area (Å²) in [5.74, 6) is 0.832. The van der Waals surface area contributed by atoms with Gasteiger partial charge in [0.2, 0.25) is 15.2 Å². The van der Waals surface area contributed by atoms with E-state index in [2.05, 4.69) is 14.3 Å². The Morgan fingerprint density at radius 1 is 1.32 bits per heavy atom. The molecule has 3 heterocycles. The zero-order valence-electron chi connectivity index (χ0n) is 12.8. The third-order valence-corrected chi connectivity index (χ3v) is 7.30. The van der Waals surface area contributed by atoms with Gasteiger partial charge in [0.1, 0.15) is 5.82 Å². The van der Waals surface area contributed by atoms with E-state index in [-0.39, 0.29) is 5.25 Å². The fourth-order valence-electron chi connectivity index (χ4n) is 2.88. The molecule has 1 atom stereocenters. The van der Waals surface area contributed by atoms with Crippen LogP contribution in [0.15, 0.2) is 0 Å². The van der Waals surface area contributed by atoms with E-state index >= 15 is 0 Å². The van der Waals surface area contributed by atoms with E-state index in [9.17, 15) is 8.42 Å². The second kappa shape index (κ2) is 6.77. The maximum Gasteiger partial charge on any atom is 0.218 e. The normalized spacial score (nSPS) is 24.6. The van der Waals surface area contributed by atoms with Crippen LogP contribution >= 0.6 is 11.5 Å². The van der Waals surface area contributed by atoms with Gasteiger partial charge in [0.15, 0.2) is 0 Å². The molecule has 0 saturated carbocycles. The van der Waals surface area contributed by atoms with Gasteiger partial charge in [-0.3, -0.25) is 0 Å². The monoisotopic (exact) mass is 346 g/mol. The topological polar surface area (TPSA) is 75.6 Å². The third-order valence-electron chi connectivity index (χ3n) is 4.17. The highest BCUT2D eigenvalue weighted by atomic mass is 32.2. The maximum absolute atomic E-state index is 12.8. The summed E-state index contributed by atoms with van der Waals surface area (Å²) >= 11 is 1.37. The fraction of sp³-hybridized carbons (Fsp3) is 0.846. The summed E-state index contributed by atoms with van der Waals surface area (Å²) in [5.41, 5.74) is 0. The Labute approximate surface area is 135 Å². The van der Waals surface area contributed by atoms with Gasteiger partial charge in [-0.1, -0.05) is 6.92 Å². The lowest BCUT2D eigenvalue weighted by Crippen LogP contribution is -2.50. The van der Waals surface area contributed by atoms with Crippen molar-refractivity contribution in [3.8, 4) is 0 Å². The Kier molecular flexibility index (Phi) is 4.96. The zero-order valence-corrected chi connectivity index (χ0v) is 14.4. The van der Waals surface area contributed by atoms with Crippen molar-refractivity contribution in [1.29, 1.82) is 0 Å². The van der Waals surface area contributed by atoms with Gasteiger partial charge in [0.05, 0.1) is 18.5 Å². The van der Waals surface area contributed by atoms with Crippen LogP contribution in [-0.2, 0) is 21.2 Å². The van der Waals surface area contributed by atoms with Gasteiger partial charge < -0.3 is 9.64 Å². The molecule has 0 amide bonds. The lowest BCUT2D eigenvalue weighted by Gasteiger charge is -2.36. The van der Waals surface area contributed by atoms with Crippen molar-refractivity contribution >= 4 is 26.7 Å². The van der Waals surface area contributed by atoms with Gasteiger partial charge in [-0.15, -0.1) is 0 Å². The third kappa shape index (κ3) is 3.27. The molecule has 2 saturated heterocycles. The average molecular weight is 346 g/mol. The van der Waals surface area contributed by atoms with E-state index in [4.69, 9.17) is 4.74 Å². The molecule has 1 aromatic heterocycles. The molecule has 0 radical (unpaired) electrons. The highest BCUT2D eigenvalue weighted by Crippen LogP contribution is 2.26. The Hall–Kier alpha value is -0.770. The van der Waals surface area contributed by atoms with Crippen molar-refractivity contribution in [1.82, 2.24) is 13.7 Å². The van der Waals surface area contributed by atoms with Gasteiger partial charge in [-0.2, -0.15) is 8.68 Å². The lowest BCUT2D eigenvalue weighted by molar-refractivity contribution is 0.0725. The summed E-state index contributed by atoms with van der Waals surface area (Å²) < 4.78 is 36.7. The predicted octanol–water partition coefficient (Wildman–Crippen LogP) is 0.731. The molecule has 2 fully saturated rings. The minimum atomic E-state index is -3.26. The summed E-state index contributed by atoms with van der Waals surface area (Å²) in [7, 11) is -3.26. The molecule has 1 aromatic rings. The SMILES string of the molecule is CCc1nsc(N2CCCC(S(=O)(=O)N3CCOCC3)C2)n1. The van der Waals surface area contributed by atoms with Gasteiger partial charge in [-0.25, -0.2) is 13.4 Å². The summed E-state index contributed by atoms with van der Waals surface area (Å²) in [6.45, 7) is 5.31. The number of aryl methyl sites for hydroxylation is 1. The van der Waals surface area contributed by atoms with Crippen LogP contribution in [-0.4, -0.2) is 66.7 Å². The van der Waals surface area contributed by atoms with Crippen LogP contribution in [0.5, 0.6) is 0 Å². The van der Waals surface area contributed by atoms with E-state index in [0.29, 0.717) is 32.8 Å². The molecule has 2 aliphatic heterocycles. The molecule has 0 bridgehead atoms. The van der Waals surface area contributed by atoms with Gasteiger partial charge in [-0.05, 0) is 12.8 Å². The van der Waals surface area contributed by atoms with Crippen LogP contribution < -0.4 is 4.90 Å². The number of sulfonamides is 1. The molecule has 0 aromatic carbocycles. The second-order valence-electron chi connectivity index (χ2n) is 5.61. The first-order valence-corrected chi connectivity index (χ1v) is 10.0. The van der Waals surface area contributed by atoms with Crippen LogP contribution in [0.1, 0.15) is 25.6 Å². The van der Waals surface area contributed by atoms with Crippen LogP contribution in [0, 0.1) is 0 Å². The lowest BCUT2D eigenvalue weighted by atomic mass is 10.1. The van der Waals surface area contributed by atoms with Crippen LogP contribution in [0.3, 0.4) is 0 Å². The standard InChI is InChI=1S/C13H22N4O3S2/c1-2-12-14-13(21-15-12)16-5-3-4-11(10-16)22(18,19)17-6-8-20-9-7-17/h11H,2-10H2,1H3. The first-order chi connectivity index (χ1) is 10.6. The number of aromatic nitrogens is 2. The quantitative estimate of drug-likeness (QED) is 0.800. The van der Waals surface area contributed by atoms with E-state index in [1.807, 2.05) is 6.92 Å². The van der Waals surface area contributed by atoms with Crippen LogP contribution in [0.2, 0.25) is 0 Å². The highest BCUT2D eigenvalue weighted by molar-refractivity contribution is 7.89. The van der Waals surface area contributed by atoms with E-state index < -0.39 is 10.0 Å². The molecule has 0 N–H and O–H groups in total. The molecule has 3 rings (SSSR count). The first kappa shape index (κ1) is 16.1. The van der Waals surface area contributed by atoms with Crippen molar-refractivity contribution < 1.29 is 13.2 Å². The van der Waals surface area contributed by atoms with Crippen molar-refractivity contribution in [2.24, 2.45) is 0 Å². The smallest absolute Gasteiger partial charge is 0.218 e. The van der Waals surface area contributed by atoms with E-state index in [1.54, 1.807) is 4.31 Å². The summed E-state index contributed by atoms with van der Waals surface area (Å²) in [5, 5.41) is 0.493. The molecule has 7 nitrogen and oxygen atoms in total. The highest BCUT2D eigenvalue weighted by Gasteiger charge is 2.36. The number of piperidine rings is 1. The van der Waals surface area contributed by atoms with Crippen LogP contribution in [0.4, 0.5) is 5.13 Å². The van der Waals surface area contributed by atoms with Crippen molar-refractivity contribution in [3.63, 3.8) is 0 Å². The van der Waals surface area contributed by atoms with Crippen molar-refractivity contribution in [3.05, 3.63) is 5.82 Å². The molecule has 22 heavy (non-hydrogen) atoms. The minimum Gasteiger partial charge on any atom is -0.379 e. The van der Waals surface area contributed by atoms with Gasteiger partial charge in [0.25, 0.3) is 0 Å². The Bertz CT molecular complexity index is 598. The molecule has 0 spiro atoms. The van der Waals surface area contributed by atoms with Crippen molar-refractivity contribution in [2.75, 3.05) is 44.3 Å². The summed E-state index contributed by atoms with van der Waals surface area (Å²) in [6, 6.07) is 0. The number of hydrogen-bond acceptors (Lipinski definition) is 7. The number of hydrogen-bond donors (Lipinski definition) is 0. The maximum atomic E-state index is 12.8. The number of ether oxygens (including phenoxy) is 1. The second-order valence-corrected chi connectivity index (χ2v) is 8.56. The largest absolute Gasteiger partial charge is 0.379 e. The van der Waals surface area contributed by atoms with E-state index in [0.717, 1.165) is 36.8 Å². The summed E-state index contributed by atoms with van der Waals surface area (Å²) in [6.07, 6.45) is 2.39. The number of nitrogens with zero attached hydrogens (tertiary/aromatic N) is 4. The Balaban J connectivity index is 1.71. The molecule has 1 unspecified atom stereocenters. The number of anilines is 1. The van der Waals surface area contributed by atoms with Crippen molar-refractivity contribution in [2.45, 2.75) is 31.4 Å². The fourth-order valence-corrected chi connectivity index (χ4v) is 5.58.